The van der Waals surface area contributed by atoms with Gasteiger partial charge < -0.3 is 9.64 Å². The molecule has 0 fully saturated rings. The quantitative estimate of drug-likeness (QED) is 0.422. The molecule has 0 unspecified atom stereocenters. The third-order valence-corrected chi connectivity index (χ3v) is 1.27. The molecule has 0 rings (SSSR count). The van der Waals surface area contributed by atoms with E-state index in [1.54, 1.807) is 20.9 Å². The first-order valence-corrected chi connectivity index (χ1v) is 3.55. The van der Waals surface area contributed by atoms with Crippen molar-refractivity contribution in [3.05, 3.63) is 0 Å². The molecule has 0 heterocycles. The van der Waals surface area contributed by atoms with E-state index in [0.29, 0.717) is 6.54 Å². The molecule has 1 amide bonds. The minimum absolute atomic E-state index is 0.238. The third kappa shape index (κ3) is 3.02. The molecule has 0 aliphatic rings. The minimum Gasteiger partial charge on any atom is -0.459 e. The molecule has 64 valence electrons. The lowest BCUT2D eigenvalue weighted by molar-refractivity contribution is -0.159. The van der Waals surface area contributed by atoms with Gasteiger partial charge in [0, 0.05) is 13.6 Å². The summed E-state index contributed by atoms with van der Waals surface area (Å²) in [5, 5.41) is 0. The topological polar surface area (TPSA) is 46.6 Å². The second-order valence-electron chi connectivity index (χ2n) is 2.04. The predicted octanol–water partition coefficient (Wildman–Crippen LogP) is 0.0278. The Labute approximate surface area is 66.1 Å². The number of ether oxygens (including phenoxy) is 1. The van der Waals surface area contributed by atoms with E-state index >= 15 is 0 Å². The molecule has 11 heavy (non-hydrogen) atoms. The SMILES string of the molecule is CCOC(=O)C(=O)N(C)CC. The summed E-state index contributed by atoms with van der Waals surface area (Å²) in [6.07, 6.45) is 0. The molecule has 0 aliphatic heterocycles. The summed E-state index contributed by atoms with van der Waals surface area (Å²) in [7, 11) is 1.55. The monoisotopic (exact) mass is 159 g/mol. The van der Waals surface area contributed by atoms with Crippen molar-refractivity contribution < 1.29 is 14.3 Å². The van der Waals surface area contributed by atoms with Crippen LogP contribution in [-0.4, -0.2) is 37.0 Å². The van der Waals surface area contributed by atoms with Crippen LogP contribution in [0.25, 0.3) is 0 Å². The fraction of sp³-hybridized carbons (Fsp3) is 0.714. The van der Waals surface area contributed by atoms with Crippen molar-refractivity contribution in [3.8, 4) is 0 Å². The van der Waals surface area contributed by atoms with E-state index in [9.17, 15) is 9.59 Å². The van der Waals surface area contributed by atoms with Crippen molar-refractivity contribution in [2.75, 3.05) is 20.2 Å². The molecule has 0 saturated carbocycles. The summed E-state index contributed by atoms with van der Waals surface area (Å²) in [6.45, 7) is 4.20. The number of carbonyl (C=O) groups excluding carboxylic acids is 2. The van der Waals surface area contributed by atoms with Crippen molar-refractivity contribution in [1.82, 2.24) is 4.90 Å². The zero-order valence-electron chi connectivity index (χ0n) is 7.09. The van der Waals surface area contributed by atoms with Gasteiger partial charge in [-0.05, 0) is 13.8 Å². The number of likely N-dealkylation sites (N-methyl/N-ethyl adjacent to an activating group) is 1. The van der Waals surface area contributed by atoms with E-state index in [2.05, 4.69) is 4.74 Å². The average Bonchev–Trinajstić information content (AvgIpc) is 2.02. The van der Waals surface area contributed by atoms with Gasteiger partial charge in [-0.3, -0.25) is 4.79 Å². The highest BCUT2D eigenvalue weighted by Crippen LogP contribution is 1.87. The van der Waals surface area contributed by atoms with E-state index in [4.69, 9.17) is 0 Å². The van der Waals surface area contributed by atoms with Crippen molar-refractivity contribution >= 4 is 11.9 Å². The van der Waals surface area contributed by atoms with Crippen molar-refractivity contribution in [3.63, 3.8) is 0 Å². The van der Waals surface area contributed by atoms with E-state index in [1.807, 2.05) is 0 Å². The fourth-order valence-electron chi connectivity index (χ4n) is 0.492. The van der Waals surface area contributed by atoms with Gasteiger partial charge in [0.25, 0.3) is 0 Å². The maximum Gasteiger partial charge on any atom is 0.396 e. The number of carbonyl (C=O) groups is 2. The summed E-state index contributed by atoms with van der Waals surface area (Å²) in [6, 6.07) is 0. The number of amides is 1. The van der Waals surface area contributed by atoms with Crippen LogP contribution in [0.2, 0.25) is 0 Å². The number of hydrogen-bond donors (Lipinski definition) is 0. The molecule has 4 heteroatoms. The first-order valence-electron chi connectivity index (χ1n) is 3.55. The Morgan fingerprint density at radius 2 is 1.91 bits per heavy atom. The summed E-state index contributed by atoms with van der Waals surface area (Å²) < 4.78 is 4.50. The predicted molar refractivity (Wildman–Crippen MR) is 39.9 cm³/mol. The van der Waals surface area contributed by atoms with Crippen LogP contribution in [0.15, 0.2) is 0 Å². The van der Waals surface area contributed by atoms with Crippen LogP contribution < -0.4 is 0 Å². The molecular formula is C7H13NO3. The average molecular weight is 159 g/mol. The Kier molecular flexibility index (Phi) is 4.26. The normalized spacial score (nSPS) is 9.00. The van der Waals surface area contributed by atoms with Crippen LogP contribution in [-0.2, 0) is 14.3 Å². The Balaban J connectivity index is 3.92. The minimum atomic E-state index is -0.781. The summed E-state index contributed by atoms with van der Waals surface area (Å²) in [4.78, 5) is 22.9. The van der Waals surface area contributed by atoms with Gasteiger partial charge in [-0.15, -0.1) is 0 Å². The number of rotatable bonds is 2. The number of esters is 1. The first kappa shape index (κ1) is 9.94. The van der Waals surface area contributed by atoms with Gasteiger partial charge in [0.15, 0.2) is 0 Å². The Hall–Kier alpha value is -1.06. The van der Waals surface area contributed by atoms with Gasteiger partial charge in [-0.25, -0.2) is 4.79 Å². The van der Waals surface area contributed by atoms with Crippen molar-refractivity contribution in [2.45, 2.75) is 13.8 Å². The van der Waals surface area contributed by atoms with Gasteiger partial charge >= 0.3 is 11.9 Å². The van der Waals surface area contributed by atoms with Crippen LogP contribution in [0.1, 0.15) is 13.8 Å². The molecule has 0 aliphatic carbocycles. The molecule has 0 aromatic rings. The van der Waals surface area contributed by atoms with Gasteiger partial charge in [-0.2, -0.15) is 0 Å². The number of hydrogen-bond acceptors (Lipinski definition) is 3. The lowest BCUT2D eigenvalue weighted by atomic mass is 10.5. The molecule has 0 bridgehead atoms. The van der Waals surface area contributed by atoms with E-state index in [0.717, 1.165) is 0 Å². The lowest BCUT2D eigenvalue weighted by Gasteiger charge is -2.12. The van der Waals surface area contributed by atoms with Crippen molar-refractivity contribution in [2.24, 2.45) is 0 Å². The fourth-order valence-corrected chi connectivity index (χ4v) is 0.492. The molecule has 0 N–H and O–H groups in total. The lowest BCUT2D eigenvalue weighted by Crippen LogP contribution is -2.34. The molecule has 0 radical (unpaired) electrons. The maximum atomic E-state index is 10.9. The second kappa shape index (κ2) is 4.71. The highest BCUT2D eigenvalue weighted by Gasteiger charge is 2.17. The van der Waals surface area contributed by atoms with E-state index in [-0.39, 0.29) is 6.61 Å². The van der Waals surface area contributed by atoms with Gasteiger partial charge in [0.1, 0.15) is 0 Å². The second-order valence-corrected chi connectivity index (χ2v) is 2.04. The zero-order valence-corrected chi connectivity index (χ0v) is 7.09. The van der Waals surface area contributed by atoms with Gasteiger partial charge in [0.2, 0.25) is 0 Å². The Bertz CT molecular complexity index is 156. The van der Waals surface area contributed by atoms with Crippen LogP contribution in [0, 0.1) is 0 Å². The molecule has 0 saturated heterocycles. The van der Waals surface area contributed by atoms with Gasteiger partial charge in [0.05, 0.1) is 6.61 Å². The zero-order chi connectivity index (χ0) is 8.85. The summed E-state index contributed by atoms with van der Waals surface area (Å²) in [5.41, 5.74) is 0. The third-order valence-electron chi connectivity index (χ3n) is 1.27. The van der Waals surface area contributed by atoms with Crippen molar-refractivity contribution in [1.29, 1.82) is 0 Å². The molecule has 0 atom stereocenters. The largest absolute Gasteiger partial charge is 0.459 e. The van der Waals surface area contributed by atoms with Crippen LogP contribution >= 0.6 is 0 Å². The standard InChI is InChI=1S/C7H13NO3/c1-4-8(3)6(9)7(10)11-5-2/h4-5H2,1-3H3. The highest BCUT2D eigenvalue weighted by atomic mass is 16.5. The Morgan fingerprint density at radius 3 is 2.27 bits per heavy atom. The molecule has 0 aromatic carbocycles. The summed E-state index contributed by atoms with van der Waals surface area (Å²) >= 11 is 0. The maximum absolute atomic E-state index is 10.9. The Morgan fingerprint density at radius 1 is 1.36 bits per heavy atom. The molecule has 0 aromatic heterocycles. The first-order chi connectivity index (χ1) is 5.13. The molecular weight excluding hydrogens is 146 g/mol. The van der Waals surface area contributed by atoms with Crippen LogP contribution in [0.5, 0.6) is 0 Å². The molecule has 4 nitrogen and oxygen atoms in total. The van der Waals surface area contributed by atoms with Crippen LogP contribution in [0.3, 0.4) is 0 Å². The van der Waals surface area contributed by atoms with Gasteiger partial charge in [-0.1, -0.05) is 0 Å². The van der Waals surface area contributed by atoms with Crippen LogP contribution in [0.4, 0.5) is 0 Å². The molecule has 0 spiro atoms. The summed E-state index contributed by atoms with van der Waals surface area (Å²) in [5.74, 6) is -1.37. The smallest absolute Gasteiger partial charge is 0.396 e. The highest BCUT2D eigenvalue weighted by molar-refractivity contribution is 6.32. The number of nitrogens with zero attached hydrogens (tertiary/aromatic N) is 1. The van der Waals surface area contributed by atoms with E-state index < -0.39 is 11.9 Å². The van der Waals surface area contributed by atoms with E-state index in [1.165, 1.54) is 4.90 Å².